The van der Waals surface area contributed by atoms with Gasteiger partial charge in [-0.2, -0.15) is 0 Å². The van der Waals surface area contributed by atoms with Crippen molar-refractivity contribution in [2.45, 2.75) is 20.3 Å². The molecule has 0 fully saturated rings. The Morgan fingerprint density at radius 2 is 1.94 bits per heavy atom. The van der Waals surface area contributed by atoms with Crippen LogP contribution in [0.3, 0.4) is 0 Å². The molecule has 1 aromatic carbocycles. The molecule has 0 atom stereocenters. The summed E-state index contributed by atoms with van der Waals surface area (Å²) >= 11 is 3.34. The van der Waals surface area contributed by atoms with Crippen LogP contribution >= 0.6 is 15.9 Å². The van der Waals surface area contributed by atoms with E-state index in [0.717, 1.165) is 17.5 Å². The van der Waals surface area contributed by atoms with Crippen LogP contribution < -0.4 is 4.74 Å². The molecule has 3 nitrogen and oxygen atoms in total. The minimum atomic E-state index is -0.282. The van der Waals surface area contributed by atoms with E-state index in [1.165, 1.54) is 0 Å². The number of halogens is 1. The highest BCUT2D eigenvalue weighted by molar-refractivity contribution is 9.09. The van der Waals surface area contributed by atoms with Crippen LogP contribution in [-0.2, 0) is 4.74 Å². The molecule has 0 bridgehead atoms. The molecule has 4 heteroatoms. The van der Waals surface area contributed by atoms with Crippen molar-refractivity contribution in [2.75, 3.05) is 18.5 Å². The second-order valence-corrected chi connectivity index (χ2v) is 5.20. The van der Waals surface area contributed by atoms with Crippen molar-refractivity contribution < 1.29 is 14.3 Å². The number of rotatable bonds is 7. The van der Waals surface area contributed by atoms with Gasteiger partial charge in [0.15, 0.2) is 0 Å². The van der Waals surface area contributed by atoms with Gasteiger partial charge in [0.25, 0.3) is 0 Å². The molecular weight excluding hydrogens is 296 g/mol. The van der Waals surface area contributed by atoms with Crippen molar-refractivity contribution in [3.8, 4) is 5.75 Å². The fourth-order valence-corrected chi connectivity index (χ4v) is 1.49. The van der Waals surface area contributed by atoms with Gasteiger partial charge in [0.05, 0.1) is 18.8 Å². The van der Waals surface area contributed by atoms with E-state index >= 15 is 0 Å². The molecule has 0 amide bonds. The quantitative estimate of drug-likeness (QED) is 0.437. The summed E-state index contributed by atoms with van der Waals surface area (Å²) in [7, 11) is 0. The van der Waals surface area contributed by atoms with Gasteiger partial charge in [-0.05, 0) is 36.6 Å². The Hall–Kier alpha value is -1.03. The van der Waals surface area contributed by atoms with Gasteiger partial charge < -0.3 is 9.47 Å². The van der Waals surface area contributed by atoms with E-state index in [9.17, 15) is 4.79 Å². The largest absolute Gasteiger partial charge is 0.494 e. The summed E-state index contributed by atoms with van der Waals surface area (Å²) in [4.78, 5) is 11.7. The molecule has 0 heterocycles. The van der Waals surface area contributed by atoms with Gasteiger partial charge in [0, 0.05) is 5.33 Å². The fraction of sp³-hybridized carbons (Fsp3) is 0.500. The topological polar surface area (TPSA) is 35.5 Å². The molecule has 0 saturated carbocycles. The molecule has 0 spiro atoms. The van der Waals surface area contributed by atoms with Crippen molar-refractivity contribution >= 4 is 21.9 Å². The van der Waals surface area contributed by atoms with Crippen LogP contribution in [0.15, 0.2) is 24.3 Å². The number of esters is 1. The molecule has 1 aromatic rings. The van der Waals surface area contributed by atoms with Crippen molar-refractivity contribution in [1.82, 2.24) is 0 Å². The summed E-state index contributed by atoms with van der Waals surface area (Å²) < 4.78 is 10.6. The molecule has 0 saturated heterocycles. The third kappa shape index (κ3) is 5.54. The first kappa shape index (κ1) is 15.0. The van der Waals surface area contributed by atoms with Gasteiger partial charge in [0.1, 0.15) is 5.75 Å². The second kappa shape index (κ2) is 8.14. The van der Waals surface area contributed by atoms with Crippen LogP contribution in [-0.4, -0.2) is 24.5 Å². The monoisotopic (exact) mass is 314 g/mol. The zero-order valence-electron chi connectivity index (χ0n) is 10.8. The zero-order valence-corrected chi connectivity index (χ0v) is 12.4. The van der Waals surface area contributed by atoms with E-state index < -0.39 is 0 Å². The van der Waals surface area contributed by atoms with Crippen LogP contribution in [0.5, 0.6) is 5.75 Å². The Morgan fingerprint density at radius 1 is 1.28 bits per heavy atom. The average Bonchev–Trinajstić information content (AvgIpc) is 2.37. The van der Waals surface area contributed by atoms with Crippen LogP contribution in [0.2, 0.25) is 0 Å². The highest BCUT2D eigenvalue weighted by Gasteiger charge is 2.07. The van der Waals surface area contributed by atoms with E-state index in [1.807, 2.05) is 13.8 Å². The maximum Gasteiger partial charge on any atom is 0.338 e. The molecular formula is C14H19BrO3. The lowest BCUT2D eigenvalue weighted by atomic mass is 10.2. The third-order valence-electron chi connectivity index (χ3n) is 2.18. The number of carbonyl (C=O) groups excluding carboxylic acids is 1. The number of hydrogen-bond donors (Lipinski definition) is 0. The van der Waals surface area contributed by atoms with E-state index in [2.05, 4.69) is 15.9 Å². The van der Waals surface area contributed by atoms with Gasteiger partial charge >= 0.3 is 5.97 Å². The lowest BCUT2D eigenvalue weighted by Gasteiger charge is -2.08. The number of hydrogen-bond acceptors (Lipinski definition) is 3. The summed E-state index contributed by atoms with van der Waals surface area (Å²) in [6.07, 6.45) is 0.957. The lowest BCUT2D eigenvalue weighted by Crippen LogP contribution is -2.10. The van der Waals surface area contributed by atoms with E-state index in [4.69, 9.17) is 9.47 Å². The average molecular weight is 315 g/mol. The summed E-state index contributed by atoms with van der Waals surface area (Å²) in [6.45, 7) is 5.13. The highest BCUT2D eigenvalue weighted by Crippen LogP contribution is 2.13. The minimum Gasteiger partial charge on any atom is -0.494 e. The van der Waals surface area contributed by atoms with Crippen LogP contribution in [0.25, 0.3) is 0 Å². The lowest BCUT2D eigenvalue weighted by molar-refractivity contribution is 0.0459. The highest BCUT2D eigenvalue weighted by atomic mass is 79.9. The Morgan fingerprint density at radius 3 is 2.50 bits per heavy atom. The summed E-state index contributed by atoms with van der Waals surface area (Å²) in [6, 6.07) is 7.04. The van der Waals surface area contributed by atoms with Gasteiger partial charge in [-0.25, -0.2) is 4.79 Å². The molecule has 0 aromatic heterocycles. The number of carbonyl (C=O) groups is 1. The maximum absolute atomic E-state index is 11.7. The molecule has 0 radical (unpaired) electrons. The Balaban J connectivity index is 2.46. The van der Waals surface area contributed by atoms with Crippen LogP contribution in [0, 0.1) is 5.92 Å². The molecule has 0 aliphatic rings. The summed E-state index contributed by atoms with van der Waals surface area (Å²) in [5, 5.41) is 0.923. The van der Waals surface area contributed by atoms with Gasteiger partial charge in [-0.1, -0.05) is 29.8 Å². The molecule has 0 N–H and O–H groups in total. The SMILES string of the molecule is CC(C)COC(=O)c1ccc(OCCCBr)cc1. The number of ether oxygens (including phenoxy) is 2. The Kier molecular flexibility index (Phi) is 6.80. The van der Waals surface area contributed by atoms with Crippen molar-refractivity contribution in [3.05, 3.63) is 29.8 Å². The fourth-order valence-electron chi connectivity index (χ4n) is 1.26. The van der Waals surface area contributed by atoms with Gasteiger partial charge in [-0.3, -0.25) is 0 Å². The first-order chi connectivity index (χ1) is 8.63. The first-order valence-corrected chi connectivity index (χ1v) is 7.21. The van der Waals surface area contributed by atoms with E-state index in [1.54, 1.807) is 24.3 Å². The first-order valence-electron chi connectivity index (χ1n) is 6.09. The predicted molar refractivity (Wildman–Crippen MR) is 75.5 cm³/mol. The zero-order chi connectivity index (χ0) is 13.4. The standard InChI is InChI=1S/C14H19BrO3/c1-11(2)10-18-14(16)12-4-6-13(7-5-12)17-9-3-8-15/h4-7,11H,3,8-10H2,1-2H3. The molecule has 0 aliphatic carbocycles. The van der Waals surface area contributed by atoms with Crippen LogP contribution in [0.4, 0.5) is 0 Å². The Labute approximate surface area is 117 Å². The van der Waals surface area contributed by atoms with Gasteiger partial charge in [0.2, 0.25) is 0 Å². The number of alkyl halides is 1. The summed E-state index contributed by atoms with van der Waals surface area (Å²) in [5.74, 6) is 0.841. The Bertz CT molecular complexity index is 360. The third-order valence-corrected chi connectivity index (χ3v) is 2.75. The molecule has 0 aliphatic heterocycles. The van der Waals surface area contributed by atoms with E-state index in [0.29, 0.717) is 24.7 Å². The maximum atomic E-state index is 11.7. The smallest absolute Gasteiger partial charge is 0.338 e. The molecule has 18 heavy (non-hydrogen) atoms. The van der Waals surface area contributed by atoms with Gasteiger partial charge in [-0.15, -0.1) is 0 Å². The second-order valence-electron chi connectivity index (χ2n) is 4.41. The molecule has 0 unspecified atom stereocenters. The van der Waals surface area contributed by atoms with Crippen molar-refractivity contribution in [1.29, 1.82) is 0 Å². The number of benzene rings is 1. The van der Waals surface area contributed by atoms with Crippen molar-refractivity contribution in [2.24, 2.45) is 5.92 Å². The summed E-state index contributed by atoms with van der Waals surface area (Å²) in [5.41, 5.74) is 0.559. The van der Waals surface area contributed by atoms with Crippen LogP contribution in [0.1, 0.15) is 30.6 Å². The predicted octanol–water partition coefficient (Wildman–Crippen LogP) is 3.66. The molecule has 100 valence electrons. The normalized spacial score (nSPS) is 10.4. The van der Waals surface area contributed by atoms with E-state index in [-0.39, 0.29) is 5.97 Å². The van der Waals surface area contributed by atoms with Crippen molar-refractivity contribution in [3.63, 3.8) is 0 Å². The minimum absolute atomic E-state index is 0.282. The molecule has 1 rings (SSSR count).